The summed E-state index contributed by atoms with van der Waals surface area (Å²) in [5.41, 5.74) is 2.23. The van der Waals surface area contributed by atoms with Gasteiger partial charge in [-0.25, -0.2) is 4.79 Å². The largest absolute Gasteiger partial charge is 0.460 e. The van der Waals surface area contributed by atoms with Gasteiger partial charge in [-0.3, -0.25) is 4.98 Å². The number of nitrogens with zero attached hydrogens (tertiary/aromatic N) is 1. The summed E-state index contributed by atoms with van der Waals surface area (Å²) in [4.78, 5) is 16.9. The molecule has 2 heterocycles. The molecule has 2 fully saturated rings. The number of aliphatic hydroxyl groups is 1. The highest BCUT2D eigenvalue weighted by atomic mass is 16.6. The Hall–Kier alpha value is -2.90. The minimum absolute atomic E-state index is 0.0313. The number of benzene rings is 1. The molecule has 154 valence electrons. The molecule has 0 radical (unpaired) electrons. The van der Waals surface area contributed by atoms with Crippen LogP contribution in [0.25, 0.3) is 17.2 Å². The SMILES string of the molecule is C#Cc1ccccc1-c1ccc(/C=C/C2[C@@H]3[C@@H](C)OC(=O)[C@]3(O)C[C@H](C)[C@H]2C)nc1. The zero-order valence-corrected chi connectivity index (χ0v) is 17.6. The van der Waals surface area contributed by atoms with Gasteiger partial charge in [-0.1, -0.05) is 50.1 Å². The van der Waals surface area contributed by atoms with Crippen LogP contribution in [0.5, 0.6) is 0 Å². The monoisotopic (exact) mass is 401 g/mol. The first-order chi connectivity index (χ1) is 14.3. The van der Waals surface area contributed by atoms with E-state index in [0.717, 1.165) is 22.4 Å². The first-order valence-electron chi connectivity index (χ1n) is 10.5. The number of cyclic esters (lactones) is 1. The van der Waals surface area contributed by atoms with Crippen molar-refractivity contribution in [3.63, 3.8) is 0 Å². The van der Waals surface area contributed by atoms with E-state index in [1.165, 1.54) is 0 Å². The van der Waals surface area contributed by atoms with Crippen molar-refractivity contribution in [3.8, 4) is 23.5 Å². The third-order valence-corrected chi connectivity index (χ3v) is 6.93. The number of esters is 1. The molecular weight excluding hydrogens is 374 g/mol. The van der Waals surface area contributed by atoms with Gasteiger partial charge in [0, 0.05) is 23.2 Å². The summed E-state index contributed by atoms with van der Waals surface area (Å²) in [7, 11) is 0. The van der Waals surface area contributed by atoms with Crippen LogP contribution < -0.4 is 0 Å². The topological polar surface area (TPSA) is 59.4 Å². The number of fused-ring (bicyclic) bond motifs is 1. The van der Waals surface area contributed by atoms with Gasteiger partial charge in [-0.05, 0) is 54.9 Å². The molecule has 1 aromatic carbocycles. The highest BCUT2D eigenvalue weighted by Crippen LogP contribution is 2.51. The molecule has 4 rings (SSSR count). The number of carbonyl (C=O) groups is 1. The second-order valence-electron chi connectivity index (χ2n) is 8.70. The fourth-order valence-electron chi connectivity index (χ4n) is 5.13. The predicted octanol–water partition coefficient (Wildman–Crippen LogP) is 4.33. The van der Waals surface area contributed by atoms with E-state index in [-0.39, 0.29) is 23.9 Å². The molecule has 1 saturated heterocycles. The average molecular weight is 402 g/mol. The smallest absolute Gasteiger partial charge is 0.338 e. The maximum Gasteiger partial charge on any atom is 0.338 e. The molecule has 4 heteroatoms. The van der Waals surface area contributed by atoms with Crippen molar-refractivity contribution in [1.29, 1.82) is 0 Å². The molecular formula is C26H27NO3. The fourth-order valence-corrected chi connectivity index (χ4v) is 5.13. The van der Waals surface area contributed by atoms with Gasteiger partial charge in [0.15, 0.2) is 5.60 Å². The Balaban J connectivity index is 1.60. The Kier molecular flexibility index (Phi) is 5.26. The van der Waals surface area contributed by atoms with Crippen molar-refractivity contribution >= 4 is 12.0 Å². The third-order valence-electron chi connectivity index (χ3n) is 6.93. The van der Waals surface area contributed by atoms with Crippen LogP contribution in [-0.4, -0.2) is 27.8 Å². The van der Waals surface area contributed by atoms with Crippen molar-refractivity contribution < 1.29 is 14.6 Å². The Labute approximate surface area is 178 Å². The van der Waals surface area contributed by atoms with Gasteiger partial charge < -0.3 is 9.84 Å². The lowest BCUT2D eigenvalue weighted by Gasteiger charge is -2.44. The van der Waals surface area contributed by atoms with E-state index in [2.05, 4.69) is 30.8 Å². The standard InChI is InChI=1S/C26H27NO3/c1-5-19-8-6-7-9-23(19)20-10-11-21(27-15-20)12-13-22-17(3)16(2)14-26(29)24(22)18(4)30-25(26)28/h1,6-13,15-18,22,24,29H,14H2,2-4H3/b13-12+/t16-,17+,18+,22?,24-,26-/m0/s1. The quantitative estimate of drug-likeness (QED) is 0.614. The van der Waals surface area contributed by atoms with Crippen molar-refractivity contribution in [3.05, 3.63) is 59.9 Å². The number of hydrogen-bond donors (Lipinski definition) is 1. The van der Waals surface area contributed by atoms with E-state index in [1.54, 1.807) is 0 Å². The van der Waals surface area contributed by atoms with Crippen LogP contribution >= 0.6 is 0 Å². The van der Waals surface area contributed by atoms with Crippen LogP contribution in [-0.2, 0) is 9.53 Å². The summed E-state index contributed by atoms with van der Waals surface area (Å²) in [6, 6.07) is 11.8. The molecule has 0 amide bonds. The predicted molar refractivity (Wildman–Crippen MR) is 117 cm³/mol. The lowest BCUT2D eigenvalue weighted by Crippen LogP contribution is -2.52. The molecule has 1 saturated carbocycles. The number of terminal acetylenes is 1. The van der Waals surface area contributed by atoms with Crippen LogP contribution in [0, 0.1) is 36.0 Å². The molecule has 1 unspecified atom stereocenters. The van der Waals surface area contributed by atoms with Crippen molar-refractivity contribution in [1.82, 2.24) is 4.98 Å². The summed E-state index contributed by atoms with van der Waals surface area (Å²) in [5, 5.41) is 11.1. The average Bonchev–Trinajstić information content (AvgIpc) is 2.97. The van der Waals surface area contributed by atoms with Crippen molar-refractivity contribution in [2.75, 3.05) is 0 Å². The van der Waals surface area contributed by atoms with Crippen LogP contribution in [0.4, 0.5) is 0 Å². The Morgan fingerprint density at radius 3 is 2.70 bits per heavy atom. The van der Waals surface area contributed by atoms with Crippen LogP contribution in [0.1, 0.15) is 38.4 Å². The number of rotatable bonds is 3. The van der Waals surface area contributed by atoms with Gasteiger partial charge in [-0.2, -0.15) is 0 Å². The van der Waals surface area contributed by atoms with Crippen molar-refractivity contribution in [2.45, 2.75) is 38.9 Å². The zero-order chi connectivity index (χ0) is 21.5. The number of allylic oxidation sites excluding steroid dienone is 1. The van der Waals surface area contributed by atoms with Crippen molar-refractivity contribution in [2.24, 2.45) is 23.7 Å². The molecule has 0 bridgehead atoms. The number of carbonyl (C=O) groups excluding carboxylic acids is 1. The molecule has 2 aromatic rings. The fraction of sp³-hybridized carbons (Fsp3) is 0.385. The minimum Gasteiger partial charge on any atom is -0.460 e. The summed E-state index contributed by atoms with van der Waals surface area (Å²) >= 11 is 0. The van der Waals surface area contributed by atoms with Gasteiger partial charge in [-0.15, -0.1) is 6.42 Å². The Bertz CT molecular complexity index is 1020. The molecule has 6 atom stereocenters. The van der Waals surface area contributed by atoms with E-state index in [1.807, 2.05) is 55.6 Å². The lowest BCUT2D eigenvalue weighted by atomic mass is 9.60. The van der Waals surface area contributed by atoms with Crippen LogP contribution in [0.2, 0.25) is 0 Å². The molecule has 1 aliphatic heterocycles. The molecule has 1 N–H and O–H groups in total. The van der Waals surface area contributed by atoms with Crippen LogP contribution in [0.3, 0.4) is 0 Å². The maximum atomic E-state index is 12.3. The molecule has 30 heavy (non-hydrogen) atoms. The minimum atomic E-state index is -1.39. The van der Waals surface area contributed by atoms with Gasteiger partial charge in [0.25, 0.3) is 0 Å². The van der Waals surface area contributed by atoms with Gasteiger partial charge in [0.05, 0.1) is 5.69 Å². The first-order valence-corrected chi connectivity index (χ1v) is 10.5. The summed E-state index contributed by atoms with van der Waals surface area (Å²) < 4.78 is 5.42. The Morgan fingerprint density at radius 1 is 1.23 bits per heavy atom. The second kappa shape index (κ2) is 7.74. The normalized spacial score (nSPS) is 33.2. The summed E-state index contributed by atoms with van der Waals surface area (Å²) in [5.74, 6) is 2.56. The molecule has 2 aliphatic rings. The maximum absolute atomic E-state index is 12.3. The van der Waals surface area contributed by atoms with E-state index >= 15 is 0 Å². The third kappa shape index (κ3) is 3.34. The van der Waals surface area contributed by atoms with Crippen LogP contribution in [0.15, 0.2) is 48.7 Å². The Morgan fingerprint density at radius 2 is 2.00 bits per heavy atom. The molecule has 0 spiro atoms. The first kappa shape index (κ1) is 20.4. The van der Waals surface area contributed by atoms with Gasteiger partial charge in [0.2, 0.25) is 0 Å². The molecule has 1 aromatic heterocycles. The number of hydrogen-bond acceptors (Lipinski definition) is 4. The van der Waals surface area contributed by atoms with E-state index in [9.17, 15) is 9.90 Å². The second-order valence-corrected chi connectivity index (χ2v) is 8.70. The van der Waals surface area contributed by atoms with Gasteiger partial charge in [0.1, 0.15) is 6.10 Å². The molecule has 4 nitrogen and oxygen atoms in total. The van der Waals surface area contributed by atoms with E-state index in [4.69, 9.17) is 11.2 Å². The zero-order valence-electron chi connectivity index (χ0n) is 17.6. The summed E-state index contributed by atoms with van der Waals surface area (Å²) in [6.45, 7) is 6.15. The number of aromatic nitrogens is 1. The number of ether oxygens (including phenoxy) is 1. The molecule has 1 aliphatic carbocycles. The number of pyridine rings is 1. The summed E-state index contributed by atoms with van der Waals surface area (Å²) in [6.07, 6.45) is 11.7. The highest BCUT2D eigenvalue weighted by Gasteiger charge is 2.61. The lowest BCUT2D eigenvalue weighted by molar-refractivity contribution is -0.160. The highest BCUT2D eigenvalue weighted by molar-refractivity contribution is 5.82. The van der Waals surface area contributed by atoms with E-state index in [0.29, 0.717) is 12.3 Å². The van der Waals surface area contributed by atoms with E-state index < -0.39 is 11.6 Å². The van der Waals surface area contributed by atoms with Gasteiger partial charge >= 0.3 is 5.97 Å².